The number of hydrogen-bond donors (Lipinski definition) is 1. The molecule has 0 saturated carbocycles. The van der Waals surface area contributed by atoms with E-state index in [0.29, 0.717) is 12.2 Å². The third-order valence-electron chi connectivity index (χ3n) is 3.15. The van der Waals surface area contributed by atoms with Gasteiger partial charge in [-0.15, -0.1) is 0 Å². The first-order chi connectivity index (χ1) is 10.6. The topological polar surface area (TPSA) is 55.0 Å². The predicted octanol–water partition coefficient (Wildman–Crippen LogP) is 4.93. The zero-order chi connectivity index (χ0) is 15.7. The summed E-state index contributed by atoms with van der Waals surface area (Å²) in [7, 11) is 0. The highest BCUT2D eigenvalue weighted by Crippen LogP contribution is 2.28. The number of nitrogens with one attached hydrogen (secondary N) is 1. The Hall–Kier alpha value is -1.66. The molecular weight excluding hydrogens is 412 g/mol. The van der Waals surface area contributed by atoms with Crippen LogP contribution in [0.1, 0.15) is 17.3 Å². The number of rotatable bonds is 3. The number of esters is 1. The monoisotopic (exact) mass is 422 g/mol. The Morgan fingerprint density at radius 2 is 2.09 bits per heavy atom. The van der Waals surface area contributed by atoms with Crippen LogP contribution < -0.4 is 0 Å². The zero-order valence-corrected chi connectivity index (χ0v) is 14.9. The average molecular weight is 424 g/mol. The molecule has 0 amide bonds. The Bertz CT molecular complexity index is 858. The van der Waals surface area contributed by atoms with Crippen molar-refractivity contribution in [1.82, 2.24) is 9.97 Å². The Kier molecular flexibility index (Phi) is 4.31. The maximum Gasteiger partial charge on any atom is 0.338 e. The molecule has 4 nitrogen and oxygen atoms in total. The summed E-state index contributed by atoms with van der Waals surface area (Å²) in [5.74, 6) is 0.404. The maximum absolute atomic E-state index is 11.9. The van der Waals surface area contributed by atoms with Gasteiger partial charge >= 0.3 is 5.97 Å². The van der Waals surface area contributed by atoms with E-state index in [-0.39, 0.29) is 5.97 Å². The summed E-state index contributed by atoms with van der Waals surface area (Å²) in [6.07, 6.45) is 0. The normalized spacial score (nSPS) is 10.9. The highest BCUT2D eigenvalue weighted by Gasteiger charge is 2.14. The smallest absolute Gasteiger partial charge is 0.338 e. The number of carbonyl (C=O) groups excluding carboxylic acids is 1. The number of carbonyl (C=O) groups is 1. The first-order valence-corrected chi connectivity index (χ1v) is 8.29. The number of aromatic nitrogens is 2. The molecule has 0 radical (unpaired) electrons. The summed E-state index contributed by atoms with van der Waals surface area (Å²) < 4.78 is 6.78. The lowest BCUT2D eigenvalue weighted by Crippen LogP contribution is -2.04. The van der Waals surface area contributed by atoms with E-state index in [1.165, 1.54) is 0 Å². The molecule has 0 spiro atoms. The van der Waals surface area contributed by atoms with E-state index in [1.54, 1.807) is 19.1 Å². The Labute approximate surface area is 144 Å². The maximum atomic E-state index is 11.9. The summed E-state index contributed by atoms with van der Waals surface area (Å²) in [5.41, 5.74) is 3.02. The van der Waals surface area contributed by atoms with Crippen molar-refractivity contribution in [2.24, 2.45) is 0 Å². The van der Waals surface area contributed by atoms with Crippen LogP contribution >= 0.6 is 31.9 Å². The molecule has 1 aromatic heterocycles. The van der Waals surface area contributed by atoms with Gasteiger partial charge in [0.05, 0.1) is 17.7 Å². The number of benzene rings is 2. The van der Waals surface area contributed by atoms with Crippen LogP contribution in [0.3, 0.4) is 0 Å². The van der Waals surface area contributed by atoms with Crippen molar-refractivity contribution in [2.45, 2.75) is 6.92 Å². The highest BCUT2D eigenvalue weighted by molar-refractivity contribution is 9.11. The van der Waals surface area contributed by atoms with Crippen LogP contribution in [0.25, 0.3) is 22.4 Å². The number of nitrogens with zero attached hydrogens (tertiary/aromatic N) is 1. The van der Waals surface area contributed by atoms with Gasteiger partial charge in [0.25, 0.3) is 0 Å². The largest absolute Gasteiger partial charge is 0.462 e. The van der Waals surface area contributed by atoms with Crippen molar-refractivity contribution >= 4 is 48.9 Å². The van der Waals surface area contributed by atoms with Gasteiger partial charge in [-0.25, -0.2) is 9.78 Å². The summed E-state index contributed by atoms with van der Waals surface area (Å²) >= 11 is 6.92. The fourth-order valence-electron chi connectivity index (χ4n) is 2.18. The molecule has 0 aliphatic rings. The fraction of sp³-hybridized carbons (Fsp3) is 0.125. The Morgan fingerprint density at radius 3 is 2.82 bits per heavy atom. The number of ether oxygens (including phenoxy) is 1. The van der Waals surface area contributed by atoms with E-state index in [9.17, 15) is 4.79 Å². The second-order valence-electron chi connectivity index (χ2n) is 4.67. The van der Waals surface area contributed by atoms with E-state index in [1.807, 2.05) is 24.3 Å². The number of H-pyrrole nitrogens is 1. The third-order valence-corrected chi connectivity index (χ3v) is 4.25. The van der Waals surface area contributed by atoms with Crippen LogP contribution in [-0.2, 0) is 4.74 Å². The fourth-order valence-corrected chi connectivity index (χ4v) is 3.13. The summed E-state index contributed by atoms with van der Waals surface area (Å²) in [4.78, 5) is 19.7. The van der Waals surface area contributed by atoms with Crippen molar-refractivity contribution in [3.8, 4) is 11.4 Å². The average Bonchev–Trinajstić information content (AvgIpc) is 2.92. The van der Waals surface area contributed by atoms with Crippen molar-refractivity contribution < 1.29 is 9.53 Å². The highest BCUT2D eigenvalue weighted by atomic mass is 79.9. The molecule has 6 heteroatoms. The van der Waals surface area contributed by atoms with Crippen LogP contribution in [0.15, 0.2) is 45.3 Å². The van der Waals surface area contributed by atoms with E-state index < -0.39 is 0 Å². The molecule has 0 bridgehead atoms. The molecule has 0 saturated heterocycles. The quantitative estimate of drug-likeness (QED) is 0.607. The lowest BCUT2D eigenvalue weighted by molar-refractivity contribution is 0.0526. The molecule has 0 unspecified atom stereocenters. The van der Waals surface area contributed by atoms with E-state index >= 15 is 0 Å². The molecule has 0 fully saturated rings. The Balaban J connectivity index is 2.10. The third kappa shape index (κ3) is 2.94. The Morgan fingerprint density at radius 1 is 1.27 bits per heavy atom. The van der Waals surface area contributed by atoms with Gasteiger partial charge in [-0.3, -0.25) is 0 Å². The first-order valence-electron chi connectivity index (χ1n) is 6.71. The molecule has 1 heterocycles. The molecule has 0 aliphatic carbocycles. The minimum Gasteiger partial charge on any atom is -0.462 e. The van der Waals surface area contributed by atoms with Crippen LogP contribution in [-0.4, -0.2) is 22.5 Å². The first kappa shape index (κ1) is 15.2. The summed E-state index contributed by atoms with van der Waals surface area (Å²) in [6.45, 7) is 2.13. The van der Waals surface area contributed by atoms with Gasteiger partial charge in [0, 0.05) is 14.5 Å². The molecule has 3 rings (SSSR count). The SMILES string of the molecule is CCOC(=O)c1cc(Br)c2nc(-c3cccc(Br)c3)[nH]c2c1. The molecule has 22 heavy (non-hydrogen) atoms. The van der Waals surface area contributed by atoms with Crippen molar-refractivity contribution in [2.75, 3.05) is 6.61 Å². The summed E-state index contributed by atoms with van der Waals surface area (Å²) in [6, 6.07) is 11.4. The van der Waals surface area contributed by atoms with Gasteiger partial charge in [0.2, 0.25) is 0 Å². The number of imidazole rings is 1. The zero-order valence-electron chi connectivity index (χ0n) is 11.7. The molecule has 1 N–H and O–H groups in total. The number of aromatic amines is 1. The minimum atomic E-state index is -0.344. The van der Waals surface area contributed by atoms with Gasteiger partial charge in [-0.2, -0.15) is 0 Å². The standard InChI is InChI=1S/C16H12Br2N2O2/c1-2-22-16(21)10-7-12(18)14-13(8-10)19-15(20-14)9-4-3-5-11(17)6-9/h3-8H,2H2,1H3,(H,19,20). The number of hydrogen-bond acceptors (Lipinski definition) is 3. The minimum absolute atomic E-state index is 0.344. The molecule has 3 aromatic rings. The van der Waals surface area contributed by atoms with Crippen molar-refractivity contribution in [3.63, 3.8) is 0 Å². The second kappa shape index (κ2) is 6.22. The van der Waals surface area contributed by atoms with Crippen LogP contribution in [0, 0.1) is 0 Å². The van der Waals surface area contributed by atoms with Crippen LogP contribution in [0.4, 0.5) is 0 Å². The van der Waals surface area contributed by atoms with E-state index in [2.05, 4.69) is 41.8 Å². The molecule has 112 valence electrons. The van der Waals surface area contributed by atoms with E-state index in [0.717, 1.165) is 31.4 Å². The molecule has 2 aromatic carbocycles. The van der Waals surface area contributed by atoms with Gasteiger partial charge in [-0.1, -0.05) is 28.1 Å². The number of halogens is 2. The lowest BCUT2D eigenvalue weighted by atomic mass is 10.2. The van der Waals surface area contributed by atoms with Gasteiger partial charge in [0.1, 0.15) is 11.3 Å². The molecule has 0 atom stereocenters. The summed E-state index contributed by atoms with van der Waals surface area (Å²) in [5, 5.41) is 0. The van der Waals surface area contributed by atoms with E-state index in [4.69, 9.17) is 4.74 Å². The lowest BCUT2D eigenvalue weighted by Gasteiger charge is -2.02. The van der Waals surface area contributed by atoms with Crippen molar-refractivity contribution in [3.05, 3.63) is 50.9 Å². The van der Waals surface area contributed by atoms with Gasteiger partial charge < -0.3 is 9.72 Å². The molecular formula is C16H12Br2N2O2. The number of fused-ring (bicyclic) bond motifs is 1. The van der Waals surface area contributed by atoms with Crippen LogP contribution in [0.2, 0.25) is 0 Å². The van der Waals surface area contributed by atoms with Crippen LogP contribution in [0.5, 0.6) is 0 Å². The molecule has 0 aliphatic heterocycles. The van der Waals surface area contributed by atoms with Crippen molar-refractivity contribution in [1.29, 1.82) is 0 Å². The predicted molar refractivity (Wildman–Crippen MR) is 92.9 cm³/mol. The van der Waals surface area contributed by atoms with Gasteiger partial charge in [0.15, 0.2) is 0 Å². The second-order valence-corrected chi connectivity index (χ2v) is 6.44. The van der Waals surface area contributed by atoms with Gasteiger partial charge in [-0.05, 0) is 47.1 Å².